The summed E-state index contributed by atoms with van der Waals surface area (Å²) in [6.07, 6.45) is 1.01. The van der Waals surface area contributed by atoms with Gasteiger partial charge in [0.2, 0.25) is 10.0 Å². The molecule has 0 bridgehead atoms. The van der Waals surface area contributed by atoms with Gasteiger partial charge in [-0.3, -0.25) is 4.98 Å². The molecule has 12 heteroatoms. The van der Waals surface area contributed by atoms with Gasteiger partial charge in [-0.2, -0.15) is 4.31 Å². The lowest BCUT2D eigenvalue weighted by molar-refractivity contribution is 0.0980. The molecule has 0 fully saturated rings. The minimum absolute atomic E-state index is 0.0300. The zero-order chi connectivity index (χ0) is 29.4. The van der Waals surface area contributed by atoms with Crippen LogP contribution in [-0.2, 0) is 16.4 Å². The summed E-state index contributed by atoms with van der Waals surface area (Å²) in [5, 5.41) is 28.6. The SMILES string of the molecule is CC(C)CN(C[C@@H](O)[C@H](Cc1ccccc1)NC(=O)O)S(=O)(=O)c1ccc(-c2csc(Nc3ccncc3)n2)cc1. The summed E-state index contributed by atoms with van der Waals surface area (Å²) in [4.78, 5) is 20.1. The molecular weight excluding hydrogens is 562 g/mol. The number of hydrogen-bond acceptors (Lipinski definition) is 8. The number of nitrogens with one attached hydrogen (secondary N) is 2. The summed E-state index contributed by atoms with van der Waals surface area (Å²) < 4.78 is 28.6. The summed E-state index contributed by atoms with van der Waals surface area (Å²) in [7, 11) is -4.00. The first kappa shape index (κ1) is 30.1. The number of aliphatic hydroxyl groups is 1. The van der Waals surface area contributed by atoms with Crippen LogP contribution < -0.4 is 10.6 Å². The largest absolute Gasteiger partial charge is 0.465 e. The molecule has 10 nitrogen and oxygen atoms in total. The van der Waals surface area contributed by atoms with Crippen molar-refractivity contribution in [1.29, 1.82) is 0 Å². The fourth-order valence-corrected chi connectivity index (χ4v) is 6.65. The lowest BCUT2D eigenvalue weighted by Gasteiger charge is -2.30. The first-order valence-electron chi connectivity index (χ1n) is 13.1. The number of thiazole rings is 1. The Morgan fingerprint density at radius 3 is 2.32 bits per heavy atom. The molecule has 2 aromatic carbocycles. The second kappa shape index (κ2) is 13.7. The van der Waals surface area contributed by atoms with Crippen molar-refractivity contribution in [3.8, 4) is 11.3 Å². The Morgan fingerprint density at radius 1 is 1.00 bits per heavy atom. The molecule has 2 aromatic heterocycles. The normalized spacial score (nSPS) is 13.2. The van der Waals surface area contributed by atoms with Crippen molar-refractivity contribution in [3.63, 3.8) is 0 Å². The van der Waals surface area contributed by atoms with Gasteiger partial charge in [0.25, 0.3) is 0 Å². The van der Waals surface area contributed by atoms with E-state index in [1.807, 2.05) is 61.7 Å². The van der Waals surface area contributed by atoms with Crippen LogP contribution in [-0.4, -0.2) is 64.2 Å². The van der Waals surface area contributed by atoms with Crippen molar-refractivity contribution in [1.82, 2.24) is 19.6 Å². The van der Waals surface area contributed by atoms with Gasteiger partial charge in [0, 0.05) is 42.1 Å². The first-order valence-corrected chi connectivity index (χ1v) is 15.4. The molecular formula is C29H33N5O5S2. The molecule has 0 saturated carbocycles. The number of hydrogen-bond donors (Lipinski definition) is 4. The van der Waals surface area contributed by atoms with Crippen LogP contribution in [0.2, 0.25) is 0 Å². The van der Waals surface area contributed by atoms with Crippen molar-refractivity contribution in [2.45, 2.75) is 37.3 Å². The Labute approximate surface area is 243 Å². The fraction of sp³-hybridized carbons (Fsp3) is 0.276. The van der Waals surface area contributed by atoms with Crippen LogP contribution in [0.15, 0.2) is 89.4 Å². The summed E-state index contributed by atoms with van der Waals surface area (Å²) in [5.41, 5.74) is 3.14. The van der Waals surface area contributed by atoms with Gasteiger partial charge in [-0.15, -0.1) is 11.3 Å². The Hall–Kier alpha value is -3.84. The van der Waals surface area contributed by atoms with Crippen molar-refractivity contribution >= 4 is 38.3 Å². The minimum atomic E-state index is -4.00. The van der Waals surface area contributed by atoms with Gasteiger partial charge in [0.15, 0.2) is 5.13 Å². The van der Waals surface area contributed by atoms with E-state index < -0.39 is 28.3 Å². The molecule has 4 rings (SSSR count). The number of amides is 1. The predicted octanol–water partition coefficient (Wildman–Crippen LogP) is 4.84. The van der Waals surface area contributed by atoms with Crippen molar-refractivity contribution in [2.75, 3.05) is 18.4 Å². The summed E-state index contributed by atoms with van der Waals surface area (Å²) in [6.45, 7) is 3.65. The molecule has 2 heterocycles. The average molecular weight is 596 g/mol. The fourth-order valence-electron chi connectivity index (χ4n) is 4.29. The second-order valence-corrected chi connectivity index (χ2v) is 12.7. The molecule has 0 saturated heterocycles. The molecule has 1 amide bonds. The van der Waals surface area contributed by atoms with E-state index in [-0.39, 0.29) is 30.3 Å². The standard InChI is InChI=1S/C29H33N5O5S2/c1-20(2)17-34(18-27(35)25(33-29(36)37)16-21-6-4-3-5-7-21)41(38,39)24-10-8-22(9-11-24)26-19-40-28(32-26)31-23-12-14-30-15-13-23/h3-15,19-20,25,27,33,35H,16-18H2,1-2H3,(H,36,37)(H,30,31,32)/t25-,27+/m0/s1. The van der Waals surface area contributed by atoms with Crippen molar-refractivity contribution in [2.24, 2.45) is 5.92 Å². The highest BCUT2D eigenvalue weighted by molar-refractivity contribution is 7.89. The third kappa shape index (κ3) is 8.33. The topological polar surface area (TPSA) is 145 Å². The van der Waals surface area contributed by atoms with Crippen LogP contribution in [0.5, 0.6) is 0 Å². The number of nitrogens with zero attached hydrogens (tertiary/aromatic N) is 3. The molecule has 41 heavy (non-hydrogen) atoms. The Bertz CT molecular complexity index is 1510. The van der Waals surface area contributed by atoms with Gasteiger partial charge < -0.3 is 20.8 Å². The molecule has 216 valence electrons. The number of aromatic nitrogens is 2. The van der Waals surface area contributed by atoms with E-state index in [0.717, 1.165) is 16.8 Å². The Morgan fingerprint density at radius 2 is 1.68 bits per heavy atom. The van der Waals surface area contributed by atoms with Crippen LogP contribution in [0.1, 0.15) is 19.4 Å². The molecule has 0 unspecified atom stereocenters. The highest BCUT2D eigenvalue weighted by Gasteiger charge is 2.31. The van der Waals surface area contributed by atoms with Crippen molar-refractivity contribution < 1.29 is 23.4 Å². The van der Waals surface area contributed by atoms with Crippen molar-refractivity contribution in [3.05, 3.63) is 90.1 Å². The number of carboxylic acid groups (broad SMARTS) is 1. The predicted molar refractivity (Wildman–Crippen MR) is 160 cm³/mol. The lowest BCUT2D eigenvalue weighted by Crippen LogP contribution is -2.50. The molecule has 0 aliphatic rings. The van der Waals surface area contributed by atoms with Gasteiger partial charge in [-0.1, -0.05) is 56.3 Å². The van der Waals surface area contributed by atoms with E-state index in [1.165, 1.54) is 27.8 Å². The van der Waals surface area contributed by atoms with Crippen LogP contribution in [0.3, 0.4) is 0 Å². The number of anilines is 2. The van der Waals surface area contributed by atoms with E-state index in [1.54, 1.807) is 24.5 Å². The van der Waals surface area contributed by atoms with E-state index in [2.05, 4.69) is 20.6 Å². The molecule has 0 spiro atoms. The number of pyridine rings is 1. The number of carbonyl (C=O) groups is 1. The third-order valence-corrected chi connectivity index (χ3v) is 8.86. The van der Waals surface area contributed by atoms with E-state index >= 15 is 0 Å². The summed E-state index contributed by atoms with van der Waals surface area (Å²) in [5.74, 6) is -0.0300. The zero-order valence-corrected chi connectivity index (χ0v) is 24.3. The Balaban J connectivity index is 1.51. The quantitative estimate of drug-likeness (QED) is 0.172. The maximum atomic E-state index is 13.7. The number of sulfonamides is 1. The van der Waals surface area contributed by atoms with Crippen LogP contribution in [0.4, 0.5) is 15.6 Å². The number of benzene rings is 2. The summed E-state index contributed by atoms with van der Waals surface area (Å²) in [6, 6.07) is 18.4. The van der Waals surface area contributed by atoms with Gasteiger partial charge in [0.05, 0.1) is 22.7 Å². The van der Waals surface area contributed by atoms with Crippen LogP contribution in [0.25, 0.3) is 11.3 Å². The highest BCUT2D eigenvalue weighted by Crippen LogP contribution is 2.28. The molecule has 0 aliphatic carbocycles. The Kier molecular flexibility index (Phi) is 10.1. The van der Waals surface area contributed by atoms with Gasteiger partial charge in [-0.05, 0) is 42.2 Å². The minimum Gasteiger partial charge on any atom is -0.465 e. The second-order valence-electron chi connectivity index (χ2n) is 9.95. The van der Waals surface area contributed by atoms with E-state index in [0.29, 0.717) is 10.8 Å². The highest BCUT2D eigenvalue weighted by atomic mass is 32.2. The molecule has 2 atom stereocenters. The maximum absolute atomic E-state index is 13.7. The average Bonchev–Trinajstić information content (AvgIpc) is 3.41. The number of rotatable bonds is 13. The molecule has 0 aliphatic heterocycles. The lowest BCUT2D eigenvalue weighted by atomic mass is 10.0. The monoisotopic (exact) mass is 595 g/mol. The first-order chi connectivity index (χ1) is 19.6. The van der Waals surface area contributed by atoms with Crippen LogP contribution >= 0.6 is 11.3 Å². The van der Waals surface area contributed by atoms with E-state index in [4.69, 9.17) is 0 Å². The van der Waals surface area contributed by atoms with Gasteiger partial charge in [-0.25, -0.2) is 18.2 Å². The molecule has 4 N–H and O–H groups in total. The number of aliphatic hydroxyl groups excluding tert-OH is 1. The van der Waals surface area contributed by atoms with E-state index in [9.17, 15) is 23.4 Å². The van der Waals surface area contributed by atoms with Gasteiger partial charge >= 0.3 is 6.09 Å². The maximum Gasteiger partial charge on any atom is 0.404 e. The summed E-state index contributed by atoms with van der Waals surface area (Å²) >= 11 is 1.43. The van der Waals surface area contributed by atoms with Gasteiger partial charge in [0.1, 0.15) is 0 Å². The van der Waals surface area contributed by atoms with Crippen LogP contribution in [0, 0.1) is 5.92 Å². The molecule has 4 aromatic rings. The molecule has 0 radical (unpaired) electrons. The third-order valence-electron chi connectivity index (χ3n) is 6.25. The zero-order valence-electron chi connectivity index (χ0n) is 22.7. The smallest absolute Gasteiger partial charge is 0.404 e.